The lowest BCUT2D eigenvalue weighted by Gasteiger charge is -2.32. The number of nitrogens with zero attached hydrogens (tertiary/aromatic N) is 2. The van der Waals surface area contributed by atoms with E-state index in [2.05, 4.69) is 9.64 Å². The summed E-state index contributed by atoms with van der Waals surface area (Å²) in [6.07, 6.45) is -2.74. The number of alkyl halides is 3. The van der Waals surface area contributed by atoms with Crippen LogP contribution in [0.15, 0.2) is 42.5 Å². The first-order valence-corrected chi connectivity index (χ1v) is 10.8. The normalized spacial score (nSPS) is 18.1. The van der Waals surface area contributed by atoms with Crippen LogP contribution in [0.4, 0.5) is 18.9 Å². The zero-order chi connectivity index (χ0) is 23.6. The van der Waals surface area contributed by atoms with Crippen LogP contribution in [-0.4, -0.2) is 61.6 Å². The molecule has 2 aromatic rings. The molecule has 4 rings (SSSR count). The summed E-state index contributed by atoms with van der Waals surface area (Å²) >= 11 is 0. The third-order valence-corrected chi connectivity index (χ3v) is 6.09. The molecule has 0 bridgehead atoms. The Morgan fingerprint density at radius 2 is 1.73 bits per heavy atom. The van der Waals surface area contributed by atoms with E-state index in [0.29, 0.717) is 30.9 Å². The number of nitrogens with two attached hydrogens (primary N) is 2. The Labute approximate surface area is 190 Å². The van der Waals surface area contributed by atoms with Crippen molar-refractivity contribution in [3.05, 3.63) is 48.0 Å². The monoisotopic (exact) mass is 464 g/mol. The number of carbonyl (C=O) groups is 1. The number of hydrogen-bond donors (Lipinski definition) is 2. The number of anilines is 1. The molecular formula is C23H27F3N4O3. The van der Waals surface area contributed by atoms with E-state index in [0.717, 1.165) is 32.5 Å². The van der Waals surface area contributed by atoms with Gasteiger partial charge in [0.25, 0.3) is 5.91 Å². The topological polar surface area (TPSA) is 94.0 Å². The van der Waals surface area contributed by atoms with E-state index in [-0.39, 0.29) is 28.3 Å². The van der Waals surface area contributed by atoms with Crippen molar-refractivity contribution in [3.8, 4) is 16.9 Å². The van der Waals surface area contributed by atoms with E-state index in [9.17, 15) is 18.0 Å². The van der Waals surface area contributed by atoms with Gasteiger partial charge in [0.2, 0.25) is 0 Å². The second-order valence-electron chi connectivity index (χ2n) is 8.70. The molecule has 1 amide bonds. The molecule has 33 heavy (non-hydrogen) atoms. The van der Waals surface area contributed by atoms with E-state index < -0.39 is 6.36 Å². The molecule has 1 saturated carbocycles. The molecular weight excluding hydrogens is 437 g/mol. The number of ether oxygens (including phenoxy) is 2. The Hall–Kier alpha value is -2.82. The minimum Gasteiger partial charge on any atom is -0.406 e. The quantitative estimate of drug-likeness (QED) is 0.283. The molecule has 2 aromatic carbocycles. The molecule has 1 heterocycles. The number of halogens is 3. The summed E-state index contributed by atoms with van der Waals surface area (Å²) in [4.78, 5) is 15.4. The summed E-state index contributed by atoms with van der Waals surface area (Å²) in [5, 5.41) is 1.23. The molecule has 0 spiro atoms. The van der Waals surface area contributed by atoms with E-state index in [1.165, 1.54) is 29.3 Å². The fraction of sp³-hybridized carbons (Fsp3) is 0.435. The molecule has 0 unspecified atom stereocenters. The van der Waals surface area contributed by atoms with Crippen LogP contribution in [0.2, 0.25) is 0 Å². The van der Waals surface area contributed by atoms with Crippen molar-refractivity contribution >= 4 is 11.6 Å². The highest BCUT2D eigenvalue weighted by atomic mass is 19.4. The van der Waals surface area contributed by atoms with Gasteiger partial charge in [0, 0.05) is 37.3 Å². The standard InChI is InChI=1S/C23H27F3N4O3/c24-23(25,26)33-18-4-1-16(2-5-18)17-3-6-20(27)19(13-17)21(31)30(28)15-22(7-8-22)14-29-9-11-32-12-10-29/h1-6,13H,7-12,14-15,27-28H2. The van der Waals surface area contributed by atoms with Gasteiger partial charge in [0.15, 0.2) is 0 Å². The first kappa shape index (κ1) is 23.3. The molecule has 0 atom stereocenters. The fourth-order valence-corrected chi connectivity index (χ4v) is 4.13. The molecule has 178 valence electrons. The number of benzene rings is 2. The van der Waals surface area contributed by atoms with Crippen LogP contribution in [0.25, 0.3) is 11.1 Å². The van der Waals surface area contributed by atoms with Gasteiger partial charge in [-0.25, -0.2) is 5.84 Å². The highest BCUT2D eigenvalue weighted by Crippen LogP contribution is 2.47. The lowest BCUT2D eigenvalue weighted by Crippen LogP contribution is -2.47. The van der Waals surface area contributed by atoms with Crippen molar-refractivity contribution in [2.24, 2.45) is 11.3 Å². The van der Waals surface area contributed by atoms with Gasteiger partial charge in [0.05, 0.1) is 18.8 Å². The van der Waals surface area contributed by atoms with Crippen LogP contribution < -0.4 is 16.3 Å². The molecule has 10 heteroatoms. The van der Waals surface area contributed by atoms with Gasteiger partial charge in [-0.3, -0.25) is 14.7 Å². The molecule has 2 aliphatic rings. The number of hydrogen-bond acceptors (Lipinski definition) is 6. The van der Waals surface area contributed by atoms with Gasteiger partial charge >= 0.3 is 6.36 Å². The lowest BCUT2D eigenvalue weighted by atomic mass is 10.0. The Morgan fingerprint density at radius 1 is 1.09 bits per heavy atom. The first-order valence-electron chi connectivity index (χ1n) is 10.8. The van der Waals surface area contributed by atoms with Gasteiger partial charge < -0.3 is 15.2 Å². The lowest BCUT2D eigenvalue weighted by molar-refractivity contribution is -0.274. The Bertz CT molecular complexity index is 987. The van der Waals surface area contributed by atoms with Gasteiger partial charge in [-0.05, 0) is 48.2 Å². The number of nitrogen functional groups attached to an aromatic ring is 1. The van der Waals surface area contributed by atoms with Crippen LogP contribution in [0, 0.1) is 5.41 Å². The minimum absolute atomic E-state index is 0.0115. The third kappa shape index (κ3) is 5.95. The molecule has 0 aromatic heterocycles. The predicted octanol–water partition coefficient (Wildman–Crippen LogP) is 3.26. The maximum atomic E-state index is 13.1. The van der Waals surface area contributed by atoms with Gasteiger partial charge in [-0.15, -0.1) is 13.2 Å². The van der Waals surface area contributed by atoms with Crippen molar-refractivity contribution in [2.75, 3.05) is 45.1 Å². The summed E-state index contributed by atoms with van der Waals surface area (Å²) in [6.45, 7) is 4.49. The Kier molecular flexibility index (Phi) is 6.51. The first-order chi connectivity index (χ1) is 15.6. The van der Waals surface area contributed by atoms with Gasteiger partial charge in [0.1, 0.15) is 5.75 Å². The number of hydrazine groups is 1. The SMILES string of the molecule is Nc1ccc(-c2ccc(OC(F)(F)F)cc2)cc1C(=O)N(N)CC1(CN2CCOCC2)CC1. The smallest absolute Gasteiger partial charge is 0.406 e. The van der Waals surface area contributed by atoms with Gasteiger partial charge in [-0.2, -0.15) is 0 Å². The van der Waals surface area contributed by atoms with Crippen molar-refractivity contribution in [1.29, 1.82) is 0 Å². The molecule has 2 fully saturated rings. The summed E-state index contributed by atoms with van der Waals surface area (Å²) in [7, 11) is 0. The zero-order valence-electron chi connectivity index (χ0n) is 18.1. The summed E-state index contributed by atoms with van der Waals surface area (Å²) in [5.74, 6) is 5.47. The summed E-state index contributed by atoms with van der Waals surface area (Å²) < 4.78 is 46.4. The van der Waals surface area contributed by atoms with Crippen molar-refractivity contribution < 1.29 is 27.4 Å². The Balaban J connectivity index is 1.45. The molecule has 1 saturated heterocycles. The highest BCUT2D eigenvalue weighted by molar-refractivity contribution is 6.00. The van der Waals surface area contributed by atoms with Crippen LogP contribution >= 0.6 is 0 Å². The maximum Gasteiger partial charge on any atom is 0.573 e. The fourth-order valence-electron chi connectivity index (χ4n) is 4.13. The maximum absolute atomic E-state index is 13.1. The van der Waals surface area contributed by atoms with E-state index in [1.807, 2.05) is 0 Å². The average Bonchev–Trinajstić information content (AvgIpc) is 3.52. The van der Waals surface area contributed by atoms with E-state index in [4.69, 9.17) is 16.3 Å². The van der Waals surface area contributed by atoms with E-state index >= 15 is 0 Å². The van der Waals surface area contributed by atoms with E-state index in [1.54, 1.807) is 18.2 Å². The molecule has 1 aliphatic carbocycles. The molecule has 1 aliphatic heterocycles. The zero-order valence-corrected chi connectivity index (χ0v) is 18.1. The molecule has 4 N–H and O–H groups in total. The number of morpholine rings is 1. The Morgan fingerprint density at radius 3 is 2.33 bits per heavy atom. The minimum atomic E-state index is -4.76. The summed E-state index contributed by atoms with van der Waals surface area (Å²) in [6, 6.07) is 10.3. The van der Waals surface area contributed by atoms with Crippen LogP contribution in [0.1, 0.15) is 23.2 Å². The van der Waals surface area contributed by atoms with Crippen LogP contribution in [-0.2, 0) is 4.74 Å². The highest BCUT2D eigenvalue weighted by Gasteiger charge is 2.46. The van der Waals surface area contributed by atoms with Crippen LogP contribution in [0.5, 0.6) is 5.75 Å². The predicted molar refractivity (Wildman–Crippen MR) is 117 cm³/mol. The number of rotatable bonds is 7. The molecule has 7 nitrogen and oxygen atoms in total. The van der Waals surface area contributed by atoms with Crippen LogP contribution in [0.3, 0.4) is 0 Å². The van der Waals surface area contributed by atoms with Crippen molar-refractivity contribution in [2.45, 2.75) is 19.2 Å². The van der Waals surface area contributed by atoms with Crippen molar-refractivity contribution in [1.82, 2.24) is 9.91 Å². The molecule has 0 radical (unpaired) electrons. The third-order valence-electron chi connectivity index (χ3n) is 6.09. The van der Waals surface area contributed by atoms with Gasteiger partial charge in [-0.1, -0.05) is 18.2 Å². The average molecular weight is 464 g/mol. The van der Waals surface area contributed by atoms with Crippen molar-refractivity contribution in [3.63, 3.8) is 0 Å². The summed E-state index contributed by atoms with van der Waals surface area (Å²) in [5.41, 5.74) is 7.84. The second kappa shape index (κ2) is 9.20. The number of amides is 1. The number of carbonyl (C=O) groups excluding carboxylic acids is 1. The second-order valence-corrected chi connectivity index (χ2v) is 8.70. The largest absolute Gasteiger partial charge is 0.573 e.